The van der Waals surface area contributed by atoms with E-state index in [4.69, 9.17) is 5.73 Å². The molecule has 0 saturated heterocycles. The molecule has 104 valence electrons. The summed E-state index contributed by atoms with van der Waals surface area (Å²) in [6.07, 6.45) is 2.37. The summed E-state index contributed by atoms with van der Waals surface area (Å²) < 4.78 is 1.14. The molecule has 0 unspecified atom stereocenters. The summed E-state index contributed by atoms with van der Waals surface area (Å²) in [6.45, 7) is 2.66. The Morgan fingerprint density at radius 3 is 2.65 bits per heavy atom. The zero-order chi connectivity index (χ0) is 13.9. The molecule has 3 heteroatoms. The minimum absolute atomic E-state index is 0.585. The molecule has 20 heavy (non-hydrogen) atoms. The Labute approximate surface area is 128 Å². The van der Waals surface area contributed by atoms with Gasteiger partial charge in [-0.3, -0.25) is 0 Å². The lowest BCUT2D eigenvalue weighted by Crippen LogP contribution is -2.23. The van der Waals surface area contributed by atoms with Crippen molar-refractivity contribution in [3.63, 3.8) is 0 Å². The largest absolute Gasteiger partial charge is 0.366 e. The van der Waals surface area contributed by atoms with Crippen molar-refractivity contribution < 1.29 is 0 Å². The van der Waals surface area contributed by atoms with Crippen LogP contribution in [-0.4, -0.2) is 6.54 Å². The Kier molecular flexibility index (Phi) is 4.08. The molecule has 1 aliphatic rings. The summed E-state index contributed by atoms with van der Waals surface area (Å²) >= 11 is 3.69. The van der Waals surface area contributed by atoms with Crippen LogP contribution < -0.4 is 10.6 Å². The average Bonchev–Trinajstić information content (AvgIpc) is 2.69. The zero-order valence-corrected chi connectivity index (χ0v) is 13.1. The van der Waals surface area contributed by atoms with Gasteiger partial charge in [-0.15, -0.1) is 0 Å². The van der Waals surface area contributed by atoms with E-state index in [9.17, 15) is 0 Å². The molecule has 2 N–H and O–H groups in total. The number of anilines is 1. The quantitative estimate of drug-likeness (QED) is 0.905. The van der Waals surface area contributed by atoms with Crippen molar-refractivity contribution in [3.8, 4) is 0 Å². The predicted octanol–water partition coefficient (Wildman–Crippen LogP) is 3.86. The second-order valence-corrected chi connectivity index (χ2v) is 6.14. The number of hydrogen-bond donors (Lipinski definition) is 1. The maximum atomic E-state index is 5.70. The lowest BCUT2D eigenvalue weighted by Gasteiger charge is -2.25. The first-order valence-electron chi connectivity index (χ1n) is 7.08. The van der Waals surface area contributed by atoms with E-state index >= 15 is 0 Å². The number of fused-ring (bicyclic) bond motifs is 1. The van der Waals surface area contributed by atoms with E-state index < -0.39 is 0 Å². The Hall–Kier alpha value is -1.32. The minimum atomic E-state index is 0.585. The van der Waals surface area contributed by atoms with Crippen molar-refractivity contribution in [1.82, 2.24) is 0 Å². The second-order valence-electron chi connectivity index (χ2n) is 5.28. The van der Waals surface area contributed by atoms with Crippen molar-refractivity contribution in [3.05, 3.63) is 63.6 Å². The normalized spacial score (nSPS) is 14.8. The van der Waals surface area contributed by atoms with Gasteiger partial charge in [-0.25, -0.2) is 0 Å². The first-order chi connectivity index (χ1) is 9.78. The lowest BCUT2D eigenvalue weighted by molar-refractivity contribution is 0.764. The SMILES string of the molecule is NCc1ccc(N2CCCc3ccccc3C2)c(Br)c1. The maximum absolute atomic E-state index is 5.70. The molecule has 0 aromatic heterocycles. The molecule has 1 heterocycles. The van der Waals surface area contributed by atoms with Crippen molar-refractivity contribution in [2.75, 3.05) is 11.4 Å². The topological polar surface area (TPSA) is 29.3 Å². The Bertz CT molecular complexity index is 610. The smallest absolute Gasteiger partial charge is 0.0513 e. The molecule has 2 nitrogen and oxygen atoms in total. The van der Waals surface area contributed by atoms with E-state index in [-0.39, 0.29) is 0 Å². The van der Waals surface area contributed by atoms with Gasteiger partial charge in [0, 0.05) is 24.1 Å². The zero-order valence-electron chi connectivity index (χ0n) is 11.5. The summed E-state index contributed by atoms with van der Waals surface area (Å²) in [5.41, 5.74) is 11.1. The van der Waals surface area contributed by atoms with Crippen molar-refractivity contribution in [2.45, 2.75) is 25.9 Å². The van der Waals surface area contributed by atoms with Crippen LogP contribution in [0.3, 0.4) is 0 Å². The standard InChI is InChI=1S/C17H19BrN2/c18-16-10-13(11-19)7-8-17(16)20-9-3-6-14-4-1-2-5-15(14)12-20/h1-2,4-5,7-8,10H,3,6,9,11-12,19H2. The number of hydrogen-bond acceptors (Lipinski definition) is 2. The molecule has 0 aliphatic carbocycles. The maximum Gasteiger partial charge on any atom is 0.0513 e. The van der Waals surface area contributed by atoms with Crippen molar-refractivity contribution in [1.29, 1.82) is 0 Å². The first-order valence-corrected chi connectivity index (χ1v) is 7.87. The molecular formula is C17H19BrN2. The van der Waals surface area contributed by atoms with Crippen LogP contribution in [-0.2, 0) is 19.5 Å². The fourth-order valence-corrected chi connectivity index (χ4v) is 3.52. The van der Waals surface area contributed by atoms with Crippen LogP contribution in [0.4, 0.5) is 5.69 Å². The van der Waals surface area contributed by atoms with Crippen molar-refractivity contribution in [2.24, 2.45) is 5.73 Å². The van der Waals surface area contributed by atoms with Gasteiger partial charge in [0.1, 0.15) is 0 Å². The van der Waals surface area contributed by atoms with Gasteiger partial charge >= 0.3 is 0 Å². The number of benzene rings is 2. The molecule has 0 atom stereocenters. The van der Waals surface area contributed by atoms with Crippen LogP contribution in [0.5, 0.6) is 0 Å². The van der Waals surface area contributed by atoms with E-state index in [2.05, 4.69) is 63.3 Å². The lowest BCUT2D eigenvalue weighted by atomic mass is 10.0. The molecule has 0 radical (unpaired) electrons. The average molecular weight is 331 g/mol. The fraction of sp³-hybridized carbons (Fsp3) is 0.294. The Morgan fingerprint density at radius 2 is 1.90 bits per heavy atom. The highest BCUT2D eigenvalue weighted by Crippen LogP contribution is 2.31. The number of halogens is 1. The van der Waals surface area contributed by atoms with E-state index in [1.807, 2.05) is 0 Å². The number of aryl methyl sites for hydroxylation is 1. The number of nitrogens with zero attached hydrogens (tertiary/aromatic N) is 1. The van der Waals surface area contributed by atoms with Crippen LogP contribution in [0.2, 0.25) is 0 Å². The van der Waals surface area contributed by atoms with E-state index in [1.54, 1.807) is 0 Å². The van der Waals surface area contributed by atoms with Crippen LogP contribution in [0.15, 0.2) is 46.9 Å². The summed E-state index contributed by atoms with van der Waals surface area (Å²) in [7, 11) is 0. The van der Waals surface area contributed by atoms with Gasteiger partial charge < -0.3 is 10.6 Å². The highest BCUT2D eigenvalue weighted by molar-refractivity contribution is 9.10. The molecule has 2 aromatic rings. The van der Waals surface area contributed by atoms with Crippen LogP contribution in [0, 0.1) is 0 Å². The fourth-order valence-electron chi connectivity index (χ4n) is 2.84. The van der Waals surface area contributed by atoms with Crippen LogP contribution in [0.25, 0.3) is 0 Å². The third-order valence-electron chi connectivity index (χ3n) is 3.94. The van der Waals surface area contributed by atoms with E-state index in [1.165, 1.54) is 29.7 Å². The molecule has 1 aliphatic heterocycles. The number of rotatable bonds is 2. The van der Waals surface area contributed by atoms with Gasteiger partial charge in [-0.05, 0) is 57.6 Å². The second kappa shape index (κ2) is 5.98. The van der Waals surface area contributed by atoms with Crippen LogP contribution >= 0.6 is 15.9 Å². The molecular weight excluding hydrogens is 312 g/mol. The monoisotopic (exact) mass is 330 g/mol. The third-order valence-corrected chi connectivity index (χ3v) is 4.58. The van der Waals surface area contributed by atoms with Gasteiger partial charge in [0.25, 0.3) is 0 Å². The molecule has 0 fully saturated rings. The summed E-state index contributed by atoms with van der Waals surface area (Å²) in [5, 5.41) is 0. The van der Waals surface area contributed by atoms with Gasteiger partial charge in [-0.1, -0.05) is 30.3 Å². The van der Waals surface area contributed by atoms with Gasteiger partial charge in [0.2, 0.25) is 0 Å². The first kappa shape index (κ1) is 13.7. The van der Waals surface area contributed by atoms with E-state index in [0.717, 1.165) is 23.1 Å². The third kappa shape index (κ3) is 2.74. The number of nitrogens with two attached hydrogens (primary N) is 1. The molecule has 3 rings (SSSR count). The molecule has 0 bridgehead atoms. The summed E-state index contributed by atoms with van der Waals surface area (Å²) in [6, 6.07) is 15.2. The molecule has 0 spiro atoms. The minimum Gasteiger partial charge on any atom is -0.366 e. The van der Waals surface area contributed by atoms with Crippen LogP contribution in [0.1, 0.15) is 23.1 Å². The van der Waals surface area contributed by atoms with Gasteiger partial charge in [-0.2, -0.15) is 0 Å². The van der Waals surface area contributed by atoms with Crippen molar-refractivity contribution >= 4 is 21.6 Å². The summed E-state index contributed by atoms with van der Waals surface area (Å²) in [5.74, 6) is 0. The highest BCUT2D eigenvalue weighted by atomic mass is 79.9. The molecule has 0 amide bonds. The Balaban J connectivity index is 1.91. The molecule has 2 aromatic carbocycles. The summed E-state index contributed by atoms with van der Waals surface area (Å²) in [4.78, 5) is 2.45. The highest BCUT2D eigenvalue weighted by Gasteiger charge is 2.16. The van der Waals surface area contributed by atoms with Gasteiger partial charge in [0.05, 0.1) is 5.69 Å². The van der Waals surface area contributed by atoms with E-state index in [0.29, 0.717) is 6.54 Å². The predicted molar refractivity (Wildman–Crippen MR) is 87.8 cm³/mol. The Morgan fingerprint density at radius 1 is 1.10 bits per heavy atom. The van der Waals surface area contributed by atoms with Gasteiger partial charge in [0.15, 0.2) is 0 Å². The molecule has 0 saturated carbocycles.